The summed E-state index contributed by atoms with van der Waals surface area (Å²) in [6.07, 6.45) is 0.195. The number of fused-ring (bicyclic) bond motifs is 2. The molecule has 0 unspecified atom stereocenters. The fourth-order valence-electron chi connectivity index (χ4n) is 4.54. The number of carbonyl (C=O) groups is 2. The van der Waals surface area contributed by atoms with Crippen LogP contribution in [0.1, 0.15) is 39.6 Å². The minimum absolute atomic E-state index is 0.0467. The number of aromatic nitrogens is 1. The molecule has 0 radical (unpaired) electrons. The molecule has 0 saturated heterocycles. The van der Waals surface area contributed by atoms with E-state index in [0.717, 1.165) is 27.7 Å². The molecule has 5 rings (SSSR count). The molecule has 1 aliphatic rings. The van der Waals surface area contributed by atoms with Crippen LogP contribution in [0.2, 0.25) is 5.02 Å². The van der Waals surface area contributed by atoms with Crippen molar-refractivity contribution in [2.24, 2.45) is 0 Å². The number of hydrogen-bond acceptors (Lipinski definition) is 2. The summed E-state index contributed by atoms with van der Waals surface area (Å²) in [5, 5.41) is 4.58. The maximum Gasteiger partial charge on any atom is 0.255 e. The van der Waals surface area contributed by atoms with Crippen molar-refractivity contribution in [3.05, 3.63) is 100 Å². The second kappa shape index (κ2) is 8.17. The van der Waals surface area contributed by atoms with Crippen LogP contribution in [0.3, 0.4) is 0 Å². The first kappa shape index (κ1) is 20.3. The van der Waals surface area contributed by atoms with E-state index in [4.69, 9.17) is 11.6 Å². The van der Waals surface area contributed by atoms with Gasteiger partial charge in [0.05, 0.1) is 6.04 Å². The van der Waals surface area contributed by atoms with Crippen LogP contribution in [0.25, 0.3) is 10.9 Å². The molecule has 2 heterocycles. The molecule has 0 aliphatic carbocycles. The third-order valence-electron chi connectivity index (χ3n) is 5.98. The van der Waals surface area contributed by atoms with Gasteiger partial charge in [0.1, 0.15) is 0 Å². The number of para-hydroxylation sites is 1. The standard InChI is InChI=1S/C26H22ClN3O2/c1-16-24(21-8-4-5-9-22(21)28-16)25-19-6-2-3-7-20(19)26(32)30(25)15-14-23(31)29-18-12-10-17(27)11-13-18/h2-13,25,28H,14-15H2,1H3,(H,29,31)/t25-/m0/s1. The molecule has 0 spiro atoms. The number of aromatic amines is 1. The van der Waals surface area contributed by atoms with Crippen molar-refractivity contribution in [2.75, 3.05) is 11.9 Å². The average Bonchev–Trinajstić information content (AvgIpc) is 3.27. The third kappa shape index (κ3) is 3.55. The quantitative estimate of drug-likeness (QED) is 0.415. The normalized spacial score (nSPS) is 15.2. The van der Waals surface area contributed by atoms with Gasteiger partial charge in [0.15, 0.2) is 0 Å². The maximum atomic E-state index is 13.3. The molecule has 4 aromatic rings. The van der Waals surface area contributed by atoms with Crippen molar-refractivity contribution >= 4 is 40.0 Å². The summed E-state index contributed by atoms with van der Waals surface area (Å²) in [6.45, 7) is 2.35. The molecule has 32 heavy (non-hydrogen) atoms. The van der Waals surface area contributed by atoms with Gasteiger partial charge >= 0.3 is 0 Å². The summed E-state index contributed by atoms with van der Waals surface area (Å²) >= 11 is 5.92. The predicted octanol–water partition coefficient (Wildman–Crippen LogP) is 5.70. The smallest absolute Gasteiger partial charge is 0.255 e. The lowest BCUT2D eigenvalue weighted by Gasteiger charge is -2.26. The molecule has 160 valence electrons. The summed E-state index contributed by atoms with van der Waals surface area (Å²) in [5.74, 6) is -0.194. The minimum atomic E-state index is -0.238. The predicted molar refractivity (Wildman–Crippen MR) is 127 cm³/mol. The molecule has 2 N–H and O–H groups in total. The van der Waals surface area contributed by atoms with Crippen LogP contribution in [-0.2, 0) is 4.79 Å². The second-order valence-electron chi connectivity index (χ2n) is 8.00. The summed E-state index contributed by atoms with van der Waals surface area (Å²) < 4.78 is 0. The van der Waals surface area contributed by atoms with E-state index >= 15 is 0 Å². The van der Waals surface area contributed by atoms with Gasteiger partial charge in [0.2, 0.25) is 5.91 Å². The number of nitrogens with one attached hydrogen (secondary N) is 2. The van der Waals surface area contributed by atoms with E-state index in [2.05, 4.69) is 16.4 Å². The Bertz CT molecular complexity index is 1330. The van der Waals surface area contributed by atoms with E-state index in [1.165, 1.54) is 0 Å². The van der Waals surface area contributed by atoms with E-state index in [1.807, 2.05) is 54.3 Å². The number of aryl methyl sites for hydroxylation is 1. The molecule has 3 aromatic carbocycles. The average molecular weight is 444 g/mol. The van der Waals surface area contributed by atoms with E-state index < -0.39 is 0 Å². The number of amides is 2. The van der Waals surface area contributed by atoms with Crippen LogP contribution in [0.4, 0.5) is 5.69 Å². The highest BCUT2D eigenvalue weighted by Crippen LogP contribution is 2.42. The van der Waals surface area contributed by atoms with Crippen molar-refractivity contribution in [3.63, 3.8) is 0 Å². The molecular formula is C26H22ClN3O2. The molecule has 6 heteroatoms. The first-order valence-electron chi connectivity index (χ1n) is 10.6. The Labute approximate surface area is 191 Å². The fourth-order valence-corrected chi connectivity index (χ4v) is 4.67. The molecule has 0 saturated carbocycles. The minimum Gasteiger partial charge on any atom is -0.358 e. The third-order valence-corrected chi connectivity index (χ3v) is 6.23. The summed E-state index contributed by atoms with van der Waals surface area (Å²) in [5.41, 5.74) is 5.49. The van der Waals surface area contributed by atoms with Crippen LogP contribution in [0.15, 0.2) is 72.8 Å². The van der Waals surface area contributed by atoms with Crippen LogP contribution in [0.5, 0.6) is 0 Å². The van der Waals surface area contributed by atoms with E-state index in [-0.39, 0.29) is 24.3 Å². The van der Waals surface area contributed by atoms with Gasteiger partial charge in [-0.05, 0) is 48.9 Å². The van der Waals surface area contributed by atoms with Crippen LogP contribution in [0, 0.1) is 6.92 Å². The number of nitrogens with zero attached hydrogens (tertiary/aromatic N) is 1. The molecule has 5 nitrogen and oxygen atoms in total. The van der Waals surface area contributed by atoms with Gasteiger partial charge in [-0.25, -0.2) is 0 Å². The SMILES string of the molecule is Cc1[nH]c2ccccc2c1[C@@H]1c2ccccc2C(=O)N1CCC(=O)Nc1ccc(Cl)cc1. The van der Waals surface area contributed by atoms with E-state index in [9.17, 15) is 9.59 Å². The Balaban J connectivity index is 1.45. The Kier molecular flexibility index (Phi) is 5.19. The Morgan fingerprint density at radius 1 is 1.03 bits per heavy atom. The number of benzene rings is 3. The molecule has 0 bridgehead atoms. The van der Waals surface area contributed by atoms with Crippen molar-refractivity contribution in [1.29, 1.82) is 0 Å². The van der Waals surface area contributed by atoms with Gasteiger partial charge in [-0.15, -0.1) is 0 Å². The first-order valence-corrected chi connectivity index (χ1v) is 10.9. The second-order valence-corrected chi connectivity index (χ2v) is 8.44. The zero-order valence-electron chi connectivity index (χ0n) is 17.6. The van der Waals surface area contributed by atoms with Crippen molar-refractivity contribution in [3.8, 4) is 0 Å². The zero-order valence-corrected chi connectivity index (χ0v) is 18.3. The molecule has 1 aliphatic heterocycles. The van der Waals surface area contributed by atoms with Gasteiger partial charge < -0.3 is 15.2 Å². The first-order chi connectivity index (χ1) is 15.5. The van der Waals surface area contributed by atoms with Gasteiger partial charge in [-0.2, -0.15) is 0 Å². The summed E-state index contributed by atoms with van der Waals surface area (Å²) in [4.78, 5) is 31.2. The molecule has 1 atom stereocenters. The summed E-state index contributed by atoms with van der Waals surface area (Å²) in [6, 6.07) is 22.6. The van der Waals surface area contributed by atoms with E-state index in [0.29, 0.717) is 22.8 Å². The zero-order chi connectivity index (χ0) is 22.2. The topological polar surface area (TPSA) is 65.2 Å². The van der Waals surface area contributed by atoms with Crippen molar-refractivity contribution in [2.45, 2.75) is 19.4 Å². The van der Waals surface area contributed by atoms with Crippen molar-refractivity contribution < 1.29 is 9.59 Å². The highest BCUT2D eigenvalue weighted by atomic mass is 35.5. The lowest BCUT2D eigenvalue weighted by Crippen LogP contribution is -2.32. The van der Waals surface area contributed by atoms with Crippen LogP contribution in [-0.4, -0.2) is 28.2 Å². The largest absolute Gasteiger partial charge is 0.358 e. The van der Waals surface area contributed by atoms with Gasteiger partial charge in [-0.3, -0.25) is 9.59 Å². The molecular weight excluding hydrogens is 422 g/mol. The van der Waals surface area contributed by atoms with Gasteiger partial charge in [0, 0.05) is 51.4 Å². The van der Waals surface area contributed by atoms with Gasteiger partial charge in [0.25, 0.3) is 5.91 Å². The summed E-state index contributed by atoms with van der Waals surface area (Å²) in [7, 11) is 0. The maximum absolute atomic E-state index is 13.3. The highest BCUT2D eigenvalue weighted by Gasteiger charge is 2.39. The van der Waals surface area contributed by atoms with E-state index in [1.54, 1.807) is 24.3 Å². The van der Waals surface area contributed by atoms with Gasteiger partial charge in [-0.1, -0.05) is 48.0 Å². The number of anilines is 1. The molecule has 0 fully saturated rings. The van der Waals surface area contributed by atoms with Crippen LogP contribution >= 0.6 is 11.6 Å². The number of rotatable bonds is 5. The number of hydrogen-bond donors (Lipinski definition) is 2. The number of H-pyrrole nitrogens is 1. The monoisotopic (exact) mass is 443 g/mol. The fraction of sp³-hybridized carbons (Fsp3) is 0.154. The molecule has 1 aromatic heterocycles. The number of halogens is 1. The Morgan fingerprint density at radius 3 is 2.56 bits per heavy atom. The lowest BCUT2D eigenvalue weighted by atomic mass is 9.95. The number of carbonyl (C=O) groups excluding carboxylic acids is 2. The van der Waals surface area contributed by atoms with Crippen molar-refractivity contribution in [1.82, 2.24) is 9.88 Å². The molecule has 2 amide bonds. The highest BCUT2D eigenvalue weighted by molar-refractivity contribution is 6.30. The lowest BCUT2D eigenvalue weighted by molar-refractivity contribution is -0.116. The Hall–Kier alpha value is -3.57. The van der Waals surface area contributed by atoms with Crippen LogP contribution < -0.4 is 5.32 Å². The Morgan fingerprint density at radius 2 is 1.75 bits per heavy atom.